The standard InChI is InChI=1S/C17H23F3N2O.ClH/c18-17(19,20)23-15-8-4-3-7-14(15)16(13-5-1-2-6-13)22-11-9-21-10-12-22;/h3-4,7-8,13,16,21H,1-2,5-6,9-12H2;1H/t16-;/m1./s1. The highest BCUT2D eigenvalue weighted by Gasteiger charge is 2.37. The zero-order chi connectivity index (χ0) is 16.3. The minimum Gasteiger partial charge on any atom is -0.405 e. The first-order valence-corrected chi connectivity index (χ1v) is 8.34. The molecule has 3 rings (SSSR count). The Morgan fingerprint density at radius 3 is 2.33 bits per heavy atom. The third-order valence-corrected chi connectivity index (χ3v) is 4.85. The van der Waals surface area contributed by atoms with Gasteiger partial charge in [-0.05, 0) is 24.8 Å². The molecule has 0 aromatic heterocycles. The molecule has 24 heavy (non-hydrogen) atoms. The molecule has 0 amide bonds. The van der Waals surface area contributed by atoms with Crippen molar-refractivity contribution in [2.45, 2.75) is 38.1 Å². The highest BCUT2D eigenvalue weighted by atomic mass is 35.5. The molecule has 1 aromatic rings. The first-order valence-electron chi connectivity index (χ1n) is 8.34. The fourth-order valence-corrected chi connectivity index (χ4v) is 3.92. The van der Waals surface area contributed by atoms with Crippen LogP contribution in [0.5, 0.6) is 5.75 Å². The van der Waals surface area contributed by atoms with Crippen molar-refractivity contribution in [1.82, 2.24) is 10.2 Å². The number of benzene rings is 1. The lowest BCUT2D eigenvalue weighted by Gasteiger charge is -2.39. The second-order valence-corrected chi connectivity index (χ2v) is 6.36. The summed E-state index contributed by atoms with van der Waals surface area (Å²) in [6.45, 7) is 3.49. The predicted octanol–water partition coefficient (Wildman–Crippen LogP) is 4.14. The molecule has 0 bridgehead atoms. The summed E-state index contributed by atoms with van der Waals surface area (Å²) in [7, 11) is 0. The van der Waals surface area contributed by atoms with Crippen molar-refractivity contribution in [2.24, 2.45) is 5.92 Å². The normalized spacial score (nSPS) is 21.3. The Balaban J connectivity index is 0.00000208. The van der Waals surface area contributed by atoms with Gasteiger partial charge >= 0.3 is 6.36 Å². The molecular formula is C17H24ClF3N2O. The van der Waals surface area contributed by atoms with Gasteiger partial charge in [0.15, 0.2) is 0 Å². The summed E-state index contributed by atoms with van der Waals surface area (Å²) >= 11 is 0. The van der Waals surface area contributed by atoms with Gasteiger partial charge in [0.25, 0.3) is 0 Å². The van der Waals surface area contributed by atoms with E-state index in [-0.39, 0.29) is 24.2 Å². The first kappa shape index (κ1) is 19.3. The quantitative estimate of drug-likeness (QED) is 0.868. The average molecular weight is 365 g/mol. The summed E-state index contributed by atoms with van der Waals surface area (Å²) in [5.74, 6) is 0.363. The molecule has 7 heteroatoms. The lowest BCUT2D eigenvalue weighted by molar-refractivity contribution is -0.275. The van der Waals surface area contributed by atoms with E-state index in [1.54, 1.807) is 12.1 Å². The number of hydrogen-bond acceptors (Lipinski definition) is 3. The van der Waals surface area contributed by atoms with Crippen molar-refractivity contribution in [3.8, 4) is 5.75 Å². The van der Waals surface area contributed by atoms with Gasteiger partial charge in [0.05, 0.1) is 0 Å². The first-order chi connectivity index (χ1) is 11.0. The van der Waals surface area contributed by atoms with Crippen LogP contribution >= 0.6 is 12.4 Å². The van der Waals surface area contributed by atoms with E-state index in [4.69, 9.17) is 0 Å². The Labute approximate surface area is 147 Å². The molecule has 136 valence electrons. The van der Waals surface area contributed by atoms with Gasteiger partial charge < -0.3 is 10.1 Å². The zero-order valence-corrected chi connectivity index (χ0v) is 14.3. The maximum Gasteiger partial charge on any atom is 0.573 e. The van der Waals surface area contributed by atoms with Crippen molar-refractivity contribution in [1.29, 1.82) is 0 Å². The minimum absolute atomic E-state index is 0. The number of ether oxygens (including phenoxy) is 1. The predicted molar refractivity (Wildman–Crippen MR) is 89.5 cm³/mol. The molecule has 1 aromatic carbocycles. The van der Waals surface area contributed by atoms with E-state index in [0.717, 1.165) is 51.9 Å². The van der Waals surface area contributed by atoms with Crippen LogP contribution in [0.2, 0.25) is 0 Å². The molecular weight excluding hydrogens is 341 g/mol. The van der Waals surface area contributed by atoms with Crippen LogP contribution in [0.25, 0.3) is 0 Å². The van der Waals surface area contributed by atoms with E-state index in [1.165, 1.54) is 6.07 Å². The van der Waals surface area contributed by atoms with Crippen LogP contribution in [0.4, 0.5) is 13.2 Å². The third kappa shape index (κ3) is 4.77. The molecule has 3 nitrogen and oxygen atoms in total. The highest BCUT2D eigenvalue weighted by Crippen LogP contribution is 2.43. The molecule has 0 spiro atoms. The van der Waals surface area contributed by atoms with E-state index >= 15 is 0 Å². The van der Waals surface area contributed by atoms with Crippen LogP contribution in [-0.4, -0.2) is 37.4 Å². The van der Waals surface area contributed by atoms with Crippen LogP contribution < -0.4 is 10.1 Å². The highest BCUT2D eigenvalue weighted by molar-refractivity contribution is 5.85. The van der Waals surface area contributed by atoms with Gasteiger partial charge in [-0.3, -0.25) is 4.90 Å². The van der Waals surface area contributed by atoms with E-state index in [1.807, 2.05) is 6.07 Å². The molecule has 2 fully saturated rings. The summed E-state index contributed by atoms with van der Waals surface area (Å²) in [5.41, 5.74) is 0.679. The molecule has 1 aliphatic carbocycles. The van der Waals surface area contributed by atoms with Gasteiger partial charge in [-0.25, -0.2) is 0 Å². The van der Waals surface area contributed by atoms with Crippen molar-refractivity contribution in [3.63, 3.8) is 0 Å². The van der Waals surface area contributed by atoms with E-state index < -0.39 is 6.36 Å². The lowest BCUT2D eigenvalue weighted by atomic mass is 9.89. The molecule has 1 heterocycles. The maximum absolute atomic E-state index is 12.8. The molecule has 0 radical (unpaired) electrons. The van der Waals surface area contributed by atoms with Crippen molar-refractivity contribution < 1.29 is 17.9 Å². The lowest BCUT2D eigenvalue weighted by Crippen LogP contribution is -2.46. The second kappa shape index (κ2) is 8.41. The van der Waals surface area contributed by atoms with E-state index in [2.05, 4.69) is 15.0 Å². The van der Waals surface area contributed by atoms with Gasteiger partial charge in [0, 0.05) is 37.8 Å². The summed E-state index contributed by atoms with van der Waals surface area (Å²) in [6, 6.07) is 6.66. The van der Waals surface area contributed by atoms with Crippen LogP contribution in [-0.2, 0) is 0 Å². The summed E-state index contributed by atoms with van der Waals surface area (Å²) in [5, 5.41) is 3.31. The molecule has 0 unspecified atom stereocenters. The van der Waals surface area contributed by atoms with Crippen LogP contribution in [0.3, 0.4) is 0 Å². The summed E-state index contributed by atoms with van der Waals surface area (Å²) in [4.78, 5) is 2.32. The Kier molecular flexibility index (Phi) is 6.78. The maximum atomic E-state index is 12.8. The fourth-order valence-electron chi connectivity index (χ4n) is 3.92. The van der Waals surface area contributed by atoms with Crippen LogP contribution in [0.1, 0.15) is 37.3 Å². The average Bonchev–Trinajstić information content (AvgIpc) is 3.03. The molecule has 2 aliphatic rings. The zero-order valence-electron chi connectivity index (χ0n) is 13.5. The Morgan fingerprint density at radius 1 is 1.08 bits per heavy atom. The van der Waals surface area contributed by atoms with E-state index in [9.17, 15) is 13.2 Å². The van der Waals surface area contributed by atoms with Gasteiger partial charge in [-0.15, -0.1) is 25.6 Å². The number of para-hydroxylation sites is 1. The number of nitrogens with one attached hydrogen (secondary N) is 1. The summed E-state index contributed by atoms with van der Waals surface area (Å²) < 4.78 is 42.6. The molecule has 1 N–H and O–H groups in total. The smallest absolute Gasteiger partial charge is 0.405 e. The summed E-state index contributed by atoms with van der Waals surface area (Å²) in [6.07, 6.45) is -0.172. The Bertz CT molecular complexity index is 515. The van der Waals surface area contributed by atoms with Crippen LogP contribution in [0, 0.1) is 5.92 Å². The van der Waals surface area contributed by atoms with Gasteiger partial charge in [0.2, 0.25) is 0 Å². The van der Waals surface area contributed by atoms with Gasteiger partial charge in [-0.1, -0.05) is 31.0 Å². The Morgan fingerprint density at radius 2 is 1.71 bits per heavy atom. The van der Waals surface area contributed by atoms with Gasteiger partial charge in [0.1, 0.15) is 5.75 Å². The van der Waals surface area contributed by atoms with Crippen molar-refractivity contribution >= 4 is 12.4 Å². The van der Waals surface area contributed by atoms with Crippen LogP contribution in [0.15, 0.2) is 24.3 Å². The number of rotatable bonds is 4. The molecule has 1 atom stereocenters. The SMILES string of the molecule is Cl.FC(F)(F)Oc1ccccc1[C@@H](C1CCCC1)N1CCNCC1. The number of hydrogen-bond donors (Lipinski definition) is 1. The number of alkyl halides is 3. The molecule has 1 aliphatic heterocycles. The van der Waals surface area contributed by atoms with Crippen molar-refractivity contribution in [3.05, 3.63) is 29.8 Å². The monoisotopic (exact) mass is 364 g/mol. The molecule has 1 saturated heterocycles. The molecule has 1 saturated carbocycles. The number of piperazine rings is 1. The van der Waals surface area contributed by atoms with E-state index in [0.29, 0.717) is 11.5 Å². The topological polar surface area (TPSA) is 24.5 Å². The number of halogens is 4. The van der Waals surface area contributed by atoms with Crippen molar-refractivity contribution in [2.75, 3.05) is 26.2 Å². The second-order valence-electron chi connectivity index (χ2n) is 6.36. The Hall–Kier alpha value is -0.980. The third-order valence-electron chi connectivity index (χ3n) is 4.85. The number of nitrogens with zero attached hydrogens (tertiary/aromatic N) is 1. The van der Waals surface area contributed by atoms with Gasteiger partial charge in [-0.2, -0.15) is 0 Å². The largest absolute Gasteiger partial charge is 0.573 e. The fraction of sp³-hybridized carbons (Fsp3) is 0.647. The minimum atomic E-state index is -4.65.